The van der Waals surface area contributed by atoms with Crippen molar-refractivity contribution in [2.75, 3.05) is 11.9 Å². The quantitative estimate of drug-likeness (QED) is 0.583. The summed E-state index contributed by atoms with van der Waals surface area (Å²) in [6, 6.07) is 13.2. The highest BCUT2D eigenvalue weighted by molar-refractivity contribution is 5.91. The fraction of sp³-hybridized carbons (Fsp3) is 0.105. The van der Waals surface area contributed by atoms with Gasteiger partial charge < -0.3 is 9.73 Å². The Balaban J connectivity index is 1.47. The maximum Gasteiger partial charge on any atom is 0.247 e. The molecule has 1 N–H and O–H groups in total. The van der Waals surface area contributed by atoms with Crippen molar-refractivity contribution in [3.8, 4) is 11.5 Å². The number of anilines is 1. The van der Waals surface area contributed by atoms with E-state index in [9.17, 15) is 8.78 Å². The number of nitrogens with zero attached hydrogens (tertiary/aromatic N) is 3. The van der Waals surface area contributed by atoms with Gasteiger partial charge in [0.15, 0.2) is 5.82 Å². The molecule has 2 heterocycles. The molecule has 0 radical (unpaired) electrons. The van der Waals surface area contributed by atoms with Crippen molar-refractivity contribution in [3.63, 3.8) is 0 Å². The zero-order chi connectivity index (χ0) is 17.9. The maximum absolute atomic E-state index is 13.8. The first-order chi connectivity index (χ1) is 12.7. The Kier molecular flexibility index (Phi) is 4.27. The third-order valence-corrected chi connectivity index (χ3v) is 3.91. The van der Waals surface area contributed by atoms with E-state index in [0.717, 1.165) is 11.6 Å². The number of hydrogen-bond acceptors (Lipinski definition) is 5. The summed E-state index contributed by atoms with van der Waals surface area (Å²) in [5.41, 5.74) is 1.57. The van der Waals surface area contributed by atoms with Crippen LogP contribution in [-0.2, 0) is 6.42 Å². The Bertz CT molecular complexity index is 1050. The molecule has 0 spiro atoms. The summed E-state index contributed by atoms with van der Waals surface area (Å²) in [7, 11) is 0. The topological polar surface area (TPSA) is 63.8 Å². The van der Waals surface area contributed by atoms with Crippen molar-refractivity contribution < 1.29 is 13.2 Å². The second kappa shape index (κ2) is 6.87. The molecule has 2 aromatic heterocycles. The van der Waals surface area contributed by atoms with Gasteiger partial charge in [0.05, 0.1) is 0 Å². The van der Waals surface area contributed by atoms with Crippen molar-refractivity contribution in [1.82, 2.24) is 15.2 Å². The molecule has 0 aliphatic heterocycles. The molecule has 0 atom stereocenters. The van der Waals surface area contributed by atoms with Crippen LogP contribution in [-0.4, -0.2) is 21.7 Å². The van der Waals surface area contributed by atoms with E-state index < -0.39 is 11.6 Å². The van der Waals surface area contributed by atoms with Crippen LogP contribution in [0, 0.1) is 11.6 Å². The van der Waals surface area contributed by atoms with E-state index in [1.807, 2.05) is 30.3 Å². The molecule has 5 nitrogen and oxygen atoms in total. The Labute approximate surface area is 147 Å². The fourth-order valence-corrected chi connectivity index (χ4v) is 2.69. The van der Waals surface area contributed by atoms with Gasteiger partial charge in [0, 0.05) is 41.9 Å². The number of benzene rings is 2. The molecular formula is C19H14F2N4O. The van der Waals surface area contributed by atoms with Gasteiger partial charge in [0.1, 0.15) is 11.3 Å². The molecular weight excluding hydrogens is 338 g/mol. The summed E-state index contributed by atoms with van der Waals surface area (Å²) in [4.78, 5) is 3.96. The zero-order valence-electron chi connectivity index (χ0n) is 13.6. The molecule has 7 heteroatoms. The molecule has 0 bridgehead atoms. The Morgan fingerprint density at radius 1 is 1.00 bits per heavy atom. The van der Waals surface area contributed by atoms with Crippen LogP contribution in [0.3, 0.4) is 0 Å². The monoisotopic (exact) mass is 352 g/mol. The minimum absolute atomic E-state index is 0.126. The lowest BCUT2D eigenvalue weighted by Gasteiger charge is -2.09. The normalized spacial score (nSPS) is 11.0. The van der Waals surface area contributed by atoms with E-state index in [2.05, 4.69) is 20.5 Å². The number of nitrogens with one attached hydrogen (secondary N) is 1. The second-order valence-electron chi connectivity index (χ2n) is 5.69. The molecule has 0 aliphatic rings. The highest BCUT2D eigenvalue weighted by Gasteiger charge is 2.10. The summed E-state index contributed by atoms with van der Waals surface area (Å²) < 4.78 is 33.0. The van der Waals surface area contributed by atoms with Gasteiger partial charge in [-0.05, 0) is 24.3 Å². The van der Waals surface area contributed by atoms with E-state index >= 15 is 0 Å². The van der Waals surface area contributed by atoms with E-state index in [4.69, 9.17) is 4.42 Å². The van der Waals surface area contributed by atoms with Crippen molar-refractivity contribution >= 4 is 16.6 Å². The Morgan fingerprint density at radius 2 is 1.85 bits per heavy atom. The third-order valence-electron chi connectivity index (χ3n) is 3.91. The molecule has 0 amide bonds. The molecule has 0 aliphatic carbocycles. The number of pyridine rings is 1. The van der Waals surface area contributed by atoms with E-state index in [1.54, 1.807) is 6.07 Å². The van der Waals surface area contributed by atoms with Crippen LogP contribution in [0.1, 0.15) is 5.89 Å². The van der Waals surface area contributed by atoms with Crippen molar-refractivity contribution in [3.05, 3.63) is 72.3 Å². The van der Waals surface area contributed by atoms with Crippen molar-refractivity contribution in [2.45, 2.75) is 6.42 Å². The largest absolute Gasteiger partial charge is 0.421 e. The average Bonchev–Trinajstić information content (AvgIpc) is 3.12. The summed E-state index contributed by atoms with van der Waals surface area (Å²) in [5, 5.41) is 11.6. The standard InChI is InChI=1S/C19H14F2N4O/c20-13-10-14-16(6-8-23-18(14)15(21)11-13)22-9-7-17-24-25-19(26-17)12-4-2-1-3-5-12/h1-6,8,10-11H,7,9H2,(H,22,23). The van der Waals surface area contributed by atoms with Gasteiger partial charge in [-0.2, -0.15) is 0 Å². The van der Waals surface area contributed by atoms with Crippen LogP contribution in [0.15, 0.2) is 59.1 Å². The number of rotatable bonds is 5. The summed E-state index contributed by atoms with van der Waals surface area (Å²) in [5.74, 6) is -0.394. The van der Waals surface area contributed by atoms with E-state index in [0.29, 0.717) is 35.8 Å². The molecule has 4 rings (SSSR count). The van der Waals surface area contributed by atoms with Gasteiger partial charge in [-0.25, -0.2) is 8.78 Å². The van der Waals surface area contributed by atoms with Gasteiger partial charge in [0.25, 0.3) is 0 Å². The second-order valence-corrected chi connectivity index (χ2v) is 5.69. The average molecular weight is 352 g/mol. The molecule has 2 aromatic carbocycles. The first-order valence-electron chi connectivity index (χ1n) is 8.06. The van der Waals surface area contributed by atoms with Crippen LogP contribution in [0.2, 0.25) is 0 Å². The highest BCUT2D eigenvalue weighted by Crippen LogP contribution is 2.25. The van der Waals surface area contributed by atoms with Gasteiger partial charge in [-0.3, -0.25) is 4.98 Å². The van der Waals surface area contributed by atoms with Gasteiger partial charge in [-0.15, -0.1) is 10.2 Å². The summed E-state index contributed by atoms with van der Waals surface area (Å²) in [6.07, 6.45) is 1.95. The number of hydrogen-bond donors (Lipinski definition) is 1. The number of halogens is 2. The van der Waals surface area contributed by atoms with Crippen LogP contribution in [0.5, 0.6) is 0 Å². The molecule has 4 aromatic rings. The number of fused-ring (bicyclic) bond motifs is 1. The van der Waals surface area contributed by atoms with Crippen LogP contribution in [0.4, 0.5) is 14.5 Å². The van der Waals surface area contributed by atoms with E-state index in [1.165, 1.54) is 12.3 Å². The molecule has 0 fully saturated rings. The number of aromatic nitrogens is 3. The molecule has 0 saturated heterocycles. The van der Waals surface area contributed by atoms with Gasteiger partial charge in [-0.1, -0.05) is 18.2 Å². The van der Waals surface area contributed by atoms with Gasteiger partial charge in [0.2, 0.25) is 11.8 Å². The highest BCUT2D eigenvalue weighted by atomic mass is 19.1. The third kappa shape index (κ3) is 3.23. The minimum Gasteiger partial charge on any atom is -0.421 e. The van der Waals surface area contributed by atoms with Crippen LogP contribution < -0.4 is 5.32 Å². The van der Waals surface area contributed by atoms with Crippen molar-refractivity contribution in [2.24, 2.45) is 0 Å². The predicted molar refractivity (Wildman–Crippen MR) is 93.6 cm³/mol. The smallest absolute Gasteiger partial charge is 0.247 e. The molecule has 0 unspecified atom stereocenters. The SMILES string of the molecule is Fc1cc(F)c2nccc(NCCc3nnc(-c4ccccc4)o3)c2c1. The van der Waals surface area contributed by atoms with Crippen molar-refractivity contribution in [1.29, 1.82) is 0 Å². The predicted octanol–water partition coefficient (Wildman–Crippen LogP) is 4.22. The molecule has 0 saturated carbocycles. The fourth-order valence-electron chi connectivity index (χ4n) is 2.69. The summed E-state index contributed by atoms with van der Waals surface area (Å²) >= 11 is 0. The zero-order valence-corrected chi connectivity index (χ0v) is 13.6. The lowest BCUT2D eigenvalue weighted by molar-refractivity contribution is 0.509. The van der Waals surface area contributed by atoms with Crippen LogP contribution >= 0.6 is 0 Å². The first kappa shape index (κ1) is 16.1. The minimum atomic E-state index is -0.687. The molecule has 26 heavy (non-hydrogen) atoms. The van der Waals surface area contributed by atoms with Crippen LogP contribution in [0.25, 0.3) is 22.4 Å². The lowest BCUT2D eigenvalue weighted by atomic mass is 10.1. The first-order valence-corrected chi connectivity index (χ1v) is 8.06. The Hall–Kier alpha value is -3.35. The Morgan fingerprint density at radius 3 is 2.69 bits per heavy atom. The molecule has 130 valence electrons. The van der Waals surface area contributed by atoms with E-state index in [-0.39, 0.29) is 5.52 Å². The maximum atomic E-state index is 13.8. The van der Waals surface area contributed by atoms with Gasteiger partial charge >= 0.3 is 0 Å². The summed E-state index contributed by atoms with van der Waals surface area (Å²) in [6.45, 7) is 0.466. The lowest BCUT2D eigenvalue weighted by Crippen LogP contribution is -2.06.